The summed E-state index contributed by atoms with van der Waals surface area (Å²) in [6.07, 6.45) is -1.60. The summed E-state index contributed by atoms with van der Waals surface area (Å²) in [6.45, 7) is 12.9. The molecule has 1 aromatic heterocycles. The third kappa shape index (κ3) is 10.6. The molecule has 2 aliphatic heterocycles. The van der Waals surface area contributed by atoms with Crippen molar-refractivity contribution in [3.63, 3.8) is 0 Å². The number of alkyl halides is 1. The molecule has 2 aliphatic rings. The van der Waals surface area contributed by atoms with Gasteiger partial charge in [-0.3, -0.25) is 24.0 Å². The first-order valence-corrected chi connectivity index (χ1v) is 21.5. The van der Waals surface area contributed by atoms with Gasteiger partial charge in [0.2, 0.25) is 5.60 Å². The zero-order chi connectivity index (χ0) is 41.9. The lowest BCUT2D eigenvalue weighted by atomic mass is 10.0. The molecule has 3 heterocycles. The number of rotatable bonds is 12. The van der Waals surface area contributed by atoms with Crippen LogP contribution >= 0.6 is 33.9 Å². The fraction of sp³-hybridized carbons (Fsp3) is 0.410. The normalized spacial score (nSPS) is 18.6. The van der Waals surface area contributed by atoms with E-state index in [2.05, 4.69) is 20.8 Å². The van der Waals surface area contributed by atoms with Gasteiger partial charge in [-0.1, -0.05) is 88.4 Å². The lowest BCUT2D eigenvalue weighted by molar-refractivity contribution is -0.179. The quantitative estimate of drug-likeness (QED) is 0.0427. The average molecular weight is 934 g/mol. The number of benzene rings is 2. The Kier molecular flexibility index (Phi) is 13.3. The van der Waals surface area contributed by atoms with E-state index in [4.69, 9.17) is 19.0 Å². The highest BCUT2D eigenvalue weighted by Crippen LogP contribution is 2.38. The van der Waals surface area contributed by atoms with E-state index < -0.39 is 80.7 Å². The number of anilines is 1. The number of nitrogens with one attached hydrogen (secondary N) is 2. The van der Waals surface area contributed by atoms with Crippen LogP contribution in [0.15, 0.2) is 82.5 Å². The summed E-state index contributed by atoms with van der Waals surface area (Å²) in [7, 11) is -1.74. The maximum atomic E-state index is 14.1. The third-order valence-electron chi connectivity index (χ3n) is 8.10. The Morgan fingerprint density at radius 1 is 0.947 bits per heavy atom. The maximum absolute atomic E-state index is 14.1. The molecule has 1 unspecified atom stereocenters. The number of aromatic nitrogens is 1. The van der Waals surface area contributed by atoms with Crippen molar-refractivity contribution in [2.45, 2.75) is 89.7 Å². The highest BCUT2D eigenvalue weighted by molar-refractivity contribution is 14.1. The topological polar surface area (TPSA) is 192 Å². The van der Waals surface area contributed by atoms with Crippen LogP contribution in [-0.2, 0) is 49.0 Å². The van der Waals surface area contributed by atoms with E-state index in [-0.39, 0.29) is 26.7 Å². The Labute approximate surface area is 350 Å². The van der Waals surface area contributed by atoms with Gasteiger partial charge >= 0.3 is 18.0 Å². The van der Waals surface area contributed by atoms with E-state index in [1.807, 2.05) is 83.3 Å². The zero-order valence-corrected chi connectivity index (χ0v) is 36.4. The van der Waals surface area contributed by atoms with Crippen LogP contribution < -0.4 is 10.6 Å². The van der Waals surface area contributed by atoms with Crippen molar-refractivity contribution in [1.29, 1.82) is 0 Å². The third-order valence-corrected chi connectivity index (χ3v) is 11.4. The van der Waals surface area contributed by atoms with Crippen molar-refractivity contribution >= 4 is 85.4 Å². The van der Waals surface area contributed by atoms with Crippen LogP contribution in [0.5, 0.6) is 0 Å². The van der Waals surface area contributed by atoms with Crippen molar-refractivity contribution in [1.82, 2.24) is 15.2 Å². The van der Waals surface area contributed by atoms with E-state index in [1.165, 1.54) is 19.2 Å². The molecular formula is C39H44IN5O10S2. The van der Waals surface area contributed by atoms with Gasteiger partial charge in [0.05, 0.1) is 16.6 Å². The fourth-order valence-corrected chi connectivity index (χ4v) is 8.90. The number of β-lactam (4-membered cyclic amide) rings is 1. The smallest absolute Gasteiger partial charge is 0.413 e. The summed E-state index contributed by atoms with van der Waals surface area (Å²) in [5.41, 5.74) is -2.05. The molecule has 0 bridgehead atoms. The minimum Gasteiger partial charge on any atom is -0.457 e. The number of thiazole rings is 1. The molecule has 18 heteroatoms. The predicted octanol–water partition coefficient (Wildman–Crippen LogP) is 5.77. The minimum atomic E-state index is -1.74. The molecule has 3 atom stereocenters. The van der Waals surface area contributed by atoms with Gasteiger partial charge in [-0.25, -0.2) is 19.4 Å². The molecule has 1 saturated heterocycles. The van der Waals surface area contributed by atoms with Crippen molar-refractivity contribution in [3.05, 3.63) is 94.1 Å². The summed E-state index contributed by atoms with van der Waals surface area (Å²) < 4.78 is 30.8. The van der Waals surface area contributed by atoms with Crippen LogP contribution in [0.3, 0.4) is 0 Å². The molecule has 1 fully saturated rings. The van der Waals surface area contributed by atoms with Gasteiger partial charge in [0, 0.05) is 9.81 Å². The predicted molar refractivity (Wildman–Crippen MR) is 222 cm³/mol. The largest absolute Gasteiger partial charge is 0.457 e. The molecule has 0 saturated carbocycles. The lowest BCUT2D eigenvalue weighted by Gasteiger charge is -2.49. The number of carbonyl (C=O) groups is 5. The van der Waals surface area contributed by atoms with E-state index in [0.717, 1.165) is 16.2 Å². The summed E-state index contributed by atoms with van der Waals surface area (Å²) in [5, 5.41) is 9.42. The first kappa shape index (κ1) is 43.4. The monoisotopic (exact) mass is 933 g/mol. The van der Waals surface area contributed by atoms with Gasteiger partial charge in [0.15, 0.2) is 16.9 Å². The second kappa shape index (κ2) is 17.4. The van der Waals surface area contributed by atoms with Crippen LogP contribution in [0, 0.1) is 0 Å². The van der Waals surface area contributed by atoms with E-state index in [0.29, 0.717) is 16.7 Å². The SMILES string of the molecule is CC(C)(C)OC(=O)Nc1nc(/C(=N\OC(C)(C)C(=O)OC(C)(C)C)C(=O)N[C@@H]2C(=O)N3C(C(=O)OC(c4ccccc4)c4ccccc4)=C(CI)CS(=O)[C@H]23)cs1. The van der Waals surface area contributed by atoms with Crippen molar-refractivity contribution in [3.8, 4) is 0 Å². The molecule has 57 heavy (non-hydrogen) atoms. The molecule has 2 aromatic carbocycles. The van der Waals surface area contributed by atoms with E-state index in [1.54, 1.807) is 41.5 Å². The number of amides is 3. The number of carbonyl (C=O) groups excluding carboxylic acids is 5. The highest BCUT2D eigenvalue weighted by atomic mass is 127. The number of oxime groups is 1. The molecule has 0 spiro atoms. The highest BCUT2D eigenvalue weighted by Gasteiger charge is 2.57. The molecule has 0 aliphatic carbocycles. The summed E-state index contributed by atoms with van der Waals surface area (Å²) in [5.74, 6) is -3.28. The zero-order valence-electron chi connectivity index (χ0n) is 32.6. The number of hydrogen-bond acceptors (Lipinski definition) is 13. The molecule has 0 radical (unpaired) electrons. The van der Waals surface area contributed by atoms with Gasteiger partial charge < -0.3 is 24.4 Å². The fourth-order valence-electron chi connectivity index (χ4n) is 5.53. The van der Waals surface area contributed by atoms with Crippen LogP contribution in [0.4, 0.5) is 9.93 Å². The van der Waals surface area contributed by atoms with Crippen LogP contribution in [0.1, 0.15) is 78.3 Å². The number of ether oxygens (including phenoxy) is 3. The summed E-state index contributed by atoms with van der Waals surface area (Å²) in [4.78, 5) is 78.5. The lowest BCUT2D eigenvalue weighted by Crippen LogP contribution is -2.74. The molecule has 304 valence electrons. The summed E-state index contributed by atoms with van der Waals surface area (Å²) in [6, 6.07) is 16.9. The molecule has 15 nitrogen and oxygen atoms in total. The van der Waals surface area contributed by atoms with Gasteiger partial charge in [-0.15, -0.1) is 11.3 Å². The first-order chi connectivity index (χ1) is 26.7. The summed E-state index contributed by atoms with van der Waals surface area (Å²) >= 11 is 2.99. The number of esters is 2. The first-order valence-electron chi connectivity index (χ1n) is 17.7. The van der Waals surface area contributed by atoms with Crippen molar-refractivity contribution in [2.24, 2.45) is 5.16 Å². The van der Waals surface area contributed by atoms with Gasteiger partial charge in [-0.05, 0) is 72.1 Å². The molecule has 3 aromatic rings. The van der Waals surface area contributed by atoms with Crippen LogP contribution in [-0.4, -0.2) is 88.0 Å². The number of fused-ring (bicyclic) bond motifs is 1. The molecule has 3 amide bonds. The second-order valence-electron chi connectivity index (χ2n) is 15.5. The Morgan fingerprint density at radius 3 is 2.07 bits per heavy atom. The van der Waals surface area contributed by atoms with Crippen molar-refractivity contribution in [2.75, 3.05) is 15.5 Å². The van der Waals surface area contributed by atoms with Gasteiger partial charge in [0.1, 0.15) is 34.0 Å². The molecule has 2 N–H and O–H groups in total. The van der Waals surface area contributed by atoms with Gasteiger partial charge in [0.25, 0.3) is 11.8 Å². The maximum Gasteiger partial charge on any atom is 0.413 e. The Balaban J connectivity index is 1.42. The van der Waals surface area contributed by atoms with Crippen LogP contribution in [0.25, 0.3) is 0 Å². The Bertz CT molecular complexity index is 2070. The standard InChI is InChI=1S/C39H44IN5O10S2/c1-37(2,3)53-34(49)39(7,8)55-44-26(25-20-56-35(41-25)43-36(50)54-38(4,5)6)30(46)42-27-31(47)45-28(24(19-40)21-57(51)32(27)45)33(48)52-29(22-15-11-9-12-16-22)23-17-13-10-14-18-23/h9-18,20,27,29,32H,19,21H2,1-8H3,(H,42,46)(H,41,43,50)/b44-26+/t27-,32-,57?/m1/s1. The Hall–Kier alpha value is -4.69. The number of nitrogens with zero attached hydrogens (tertiary/aromatic N) is 3. The molecular weight excluding hydrogens is 889 g/mol. The average Bonchev–Trinajstić information content (AvgIpc) is 3.58. The molecule has 5 rings (SSSR count). The number of hydrogen-bond donors (Lipinski definition) is 2. The van der Waals surface area contributed by atoms with E-state index >= 15 is 0 Å². The van der Waals surface area contributed by atoms with Gasteiger partial charge in [-0.2, -0.15) is 0 Å². The number of halogens is 1. The Morgan fingerprint density at radius 2 is 1.53 bits per heavy atom. The minimum absolute atomic E-state index is 0.0324. The second-order valence-corrected chi connectivity index (χ2v) is 18.6. The van der Waals surface area contributed by atoms with Crippen molar-refractivity contribution < 1.29 is 47.2 Å². The van der Waals surface area contributed by atoms with E-state index in [9.17, 15) is 28.2 Å². The van der Waals surface area contributed by atoms with Crippen LogP contribution in [0.2, 0.25) is 0 Å².